The third-order valence-corrected chi connectivity index (χ3v) is 9.80. The Morgan fingerprint density at radius 2 is 2.00 bits per heavy atom. The van der Waals surface area contributed by atoms with Crippen molar-refractivity contribution in [1.29, 1.82) is 0 Å². The Morgan fingerprint density at radius 1 is 1.21 bits per heavy atom. The van der Waals surface area contributed by atoms with Crippen molar-refractivity contribution in [3.63, 3.8) is 0 Å². The van der Waals surface area contributed by atoms with Crippen LogP contribution in [0.15, 0.2) is 58.6 Å². The van der Waals surface area contributed by atoms with Gasteiger partial charge in [-0.1, -0.05) is 30.3 Å². The number of hydrogen-bond donors (Lipinski definition) is 4. The summed E-state index contributed by atoms with van der Waals surface area (Å²) in [4.78, 5) is 18.8. The lowest BCUT2D eigenvalue weighted by Gasteiger charge is -2.29. The largest absolute Gasteiger partial charge is 0.390 e. The molecule has 2 atom stereocenters. The Labute approximate surface area is 242 Å². The summed E-state index contributed by atoms with van der Waals surface area (Å²) in [7, 11) is -3.44. The van der Waals surface area contributed by atoms with Crippen LogP contribution in [0.1, 0.15) is 40.6 Å². The van der Waals surface area contributed by atoms with Gasteiger partial charge in [0.25, 0.3) is 5.91 Å². The van der Waals surface area contributed by atoms with E-state index >= 15 is 0 Å². The number of nitrogens with zero attached hydrogens (tertiary/aromatic N) is 2. The number of hydrogen-bond acceptors (Lipinski definition) is 8. The van der Waals surface area contributed by atoms with Crippen molar-refractivity contribution in [2.75, 3.05) is 35.0 Å². The highest BCUT2D eigenvalue weighted by Crippen LogP contribution is 2.28. The van der Waals surface area contributed by atoms with Crippen molar-refractivity contribution < 1.29 is 18.3 Å². The van der Waals surface area contributed by atoms with Gasteiger partial charge in [0.05, 0.1) is 23.6 Å². The summed E-state index contributed by atoms with van der Waals surface area (Å²) < 4.78 is 27.7. The number of thiazole rings is 1. The van der Waals surface area contributed by atoms with Crippen molar-refractivity contribution >= 4 is 54.6 Å². The van der Waals surface area contributed by atoms with Crippen molar-refractivity contribution in [1.82, 2.24) is 15.6 Å². The zero-order valence-corrected chi connectivity index (χ0v) is 25.0. The summed E-state index contributed by atoms with van der Waals surface area (Å²) in [6.07, 6.45) is 2.73. The van der Waals surface area contributed by atoms with Gasteiger partial charge < -0.3 is 21.1 Å². The fourth-order valence-corrected chi connectivity index (χ4v) is 7.48. The van der Waals surface area contributed by atoms with Gasteiger partial charge in [0.1, 0.15) is 0 Å². The average Bonchev–Trinajstić information content (AvgIpc) is 3.33. The van der Waals surface area contributed by atoms with Gasteiger partial charge in [-0.25, -0.2) is 13.4 Å². The fourth-order valence-electron chi connectivity index (χ4n) is 4.53. The summed E-state index contributed by atoms with van der Waals surface area (Å²) in [6.45, 7) is 3.76. The van der Waals surface area contributed by atoms with Crippen molar-refractivity contribution in [2.24, 2.45) is 0 Å². The van der Waals surface area contributed by atoms with Gasteiger partial charge in [-0.15, -0.1) is 11.3 Å². The van der Waals surface area contributed by atoms with E-state index in [9.17, 15) is 18.3 Å². The van der Waals surface area contributed by atoms with Gasteiger partial charge >= 0.3 is 0 Å². The molecule has 1 aliphatic rings. The molecule has 3 aromatic rings. The predicted octanol–water partition coefficient (Wildman–Crippen LogP) is 3.76. The number of halogens is 1. The van der Waals surface area contributed by atoms with E-state index in [0.717, 1.165) is 20.8 Å². The minimum atomic E-state index is -3.44. The molecule has 12 heteroatoms. The first-order chi connectivity index (χ1) is 18.7. The van der Waals surface area contributed by atoms with E-state index in [1.807, 2.05) is 37.3 Å². The summed E-state index contributed by atoms with van der Waals surface area (Å²) >= 11 is 4.87. The molecule has 0 spiro atoms. The lowest BCUT2D eigenvalue weighted by Crippen LogP contribution is -2.48. The van der Waals surface area contributed by atoms with Crippen LogP contribution in [0.2, 0.25) is 0 Å². The zero-order valence-electron chi connectivity index (χ0n) is 21.8. The zero-order chi connectivity index (χ0) is 27.8. The molecule has 39 heavy (non-hydrogen) atoms. The molecule has 0 bridgehead atoms. The lowest BCUT2D eigenvalue weighted by molar-refractivity contribution is 0.0830. The van der Waals surface area contributed by atoms with Crippen LogP contribution in [0.25, 0.3) is 0 Å². The number of sulfonamides is 1. The van der Waals surface area contributed by atoms with Crippen LogP contribution in [0.3, 0.4) is 0 Å². The Kier molecular flexibility index (Phi) is 10.4. The molecule has 2 heterocycles. The van der Waals surface area contributed by atoms with Crippen molar-refractivity contribution in [3.8, 4) is 0 Å². The first-order valence-corrected chi connectivity index (χ1v) is 16.2. The van der Waals surface area contributed by atoms with Crippen molar-refractivity contribution in [2.45, 2.75) is 44.9 Å². The van der Waals surface area contributed by atoms with Gasteiger partial charge in [-0.3, -0.25) is 9.10 Å². The number of carbonyl (C=O) groups is 1. The van der Waals surface area contributed by atoms with E-state index in [-0.39, 0.29) is 18.2 Å². The monoisotopic (exact) mass is 635 g/mol. The molecular formula is C27H34BrN5O4S2. The van der Waals surface area contributed by atoms with Crippen molar-refractivity contribution in [3.05, 3.63) is 74.6 Å². The number of rotatable bonds is 12. The number of aliphatic hydroxyl groups excluding tert-OH is 1. The van der Waals surface area contributed by atoms with Gasteiger partial charge in [-0.2, -0.15) is 0 Å². The van der Waals surface area contributed by atoms with Crippen LogP contribution in [0, 0.1) is 0 Å². The summed E-state index contributed by atoms with van der Waals surface area (Å²) in [5, 5.41) is 20.6. The standard InChI is InChI=1S/C27H34BrN5O4S2/c1-2-30-21-13-20(14-22(15-21)33-10-6-7-11-39(33,36)37)26(35)32-24(12-19-8-4-3-5-9-19)25(34)18-29-16-23-17-31-27(28)38-23/h3-5,8-9,13-15,17,24-25,29-30,34H,2,6-7,10-12,16,18H2,1H3,(H,32,35)/t24-,25+/m0/s1. The molecule has 1 aliphatic heterocycles. The molecule has 0 aliphatic carbocycles. The number of anilines is 2. The van der Waals surface area contributed by atoms with E-state index in [4.69, 9.17) is 0 Å². The van der Waals surface area contributed by atoms with Gasteiger partial charge in [0.15, 0.2) is 3.92 Å². The summed E-state index contributed by atoms with van der Waals surface area (Å²) in [5.74, 6) is -0.284. The Balaban J connectivity index is 1.54. The Hall–Kier alpha value is -2.51. The fraction of sp³-hybridized carbons (Fsp3) is 0.407. The molecule has 2 aromatic carbocycles. The van der Waals surface area contributed by atoms with Crippen LogP contribution < -0.4 is 20.3 Å². The smallest absolute Gasteiger partial charge is 0.251 e. The number of aromatic nitrogens is 1. The second kappa shape index (κ2) is 13.7. The number of carbonyl (C=O) groups excluding carboxylic acids is 1. The quantitative estimate of drug-likeness (QED) is 0.239. The molecule has 1 saturated heterocycles. The highest BCUT2D eigenvalue weighted by atomic mass is 79.9. The molecule has 1 amide bonds. The van der Waals surface area contributed by atoms with E-state index in [1.54, 1.807) is 24.4 Å². The summed E-state index contributed by atoms with van der Waals surface area (Å²) in [5.41, 5.74) is 2.45. The van der Waals surface area contributed by atoms with Crippen LogP contribution in [-0.4, -0.2) is 61.9 Å². The normalized spacial score (nSPS) is 16.4. The molecule has 0 unspecified atom stereocenters. The highest BCUT2D eigenvalue weighted by molar-refractivity contribution is 9.11. The molecule has 1 fully saturated rings. The van der Waals surface area contributed by atoms with Gasteiger partial charge in [0.2, 0.25) is 10.0 Å². The molecule has 0 radical (unpaired) electrons. The van der Waals surface area contributed by atoms with Crippen LogP contribution in [-0.2, 0) is 23.0 Å². The van der Waals surface area contributed by atoms with Gasteiger partial charge in [0, 0.05) is 48.5 Å². The minimum absolute atomic E-state index is 0.0940. The van der Waals surface area contributed by atoms with E-state index in [1.165, 1.54) is 15.6 Å². The second-order valence-corrected chi connectivity index (χ2v) is 13.8. The molecule has 9 nitrogen and oxygen atoms in total. The van der Waals surface area contributed by atoms with E-state index in [0.29, 0.717) is 49.4 Å². The van der Waals surface area contributed by atoms with Gasteiger partial charge in [-0.05, 0) is 65.9 Å². The molecule has 0 saturated carbocycles. The van der Waals surface area contributed by atoms with Crippen LogP contribution in [0.5, 0.6) is 0 Å². The Morgan fingerprint density at radius 3 is 2.69 bits per heavy atom. The third-order valence-electron chi connectivity index (χ3n) is 6.46. The molecule has 210 valence electrons. The molecule has 4 N–H and O–H groups in total. The molecule has 4 rings (SSSR count). The maximum atomic E-state index is 13.6. The number of nitrogens with one attached hydrogen (secondary N) is 3. The first-order valence-electron chi connectivity index (χ1n) is 13.0. The minimum Gasteiger partial charge on any atom is -0.390 e. The van der Waals surface area contributed by atoms with E-state index < -0.39 is 22.2 Å². The number of aliphatic hydroxyl groups is 1. The third kappa shape index (κ3) is 8.24. The second-order valence-electron chi connectivity index (χ2n) is 9.44. The maximum absolute atomic E-state index is 13.6. The molecular weight excluding hydrogens is 602 g/mol. The first kappa shape index (κ1) is 29.5. The topological polar surface area (TPSA) is 124 Å². The maximum Gasteiger partial charge on any atom is 0.251 e. The lowest BCUT2D eigenvalue weighted by atomic mass is 10.00. The van der Waals surface area contributed by atoms with E-state index in [2.05, 4.69) is 36.9 Å². The van der Waals surface area contributed by atoms with Crippen LogP contribution in [0.4, 0.5) is 11.4 Å². The average molecular weight is 637 g/mol. The molecule has 1 aromatic heterocycles. The predicted molar refractivity (Wildman–Crippen MR) is 160 cm³/mol. The Bertz CT molecular complexity index is 1350. The highest BCUT2D eigenvalue weighted by Gasteiger charge is 2.28. The van der Waals surface area contributed by atoms with Crippen LogP contribution >= 0.6 is 27.3 Å². The SMILES string of the molecule is CCNc1cc(C(=O)N[C@@H](Cc2ccccc2)[C@H](O)CNCc2cnc(Br)s2)cc(N2CCCCS2(=O)=O)c1. The summed E-state index contributed by atoms with van der Waals surface area (Å²) in [6, 6.07) is 14.2. The number of amides is 1. The number of benzene rings is 2.